The van der Waals surface area contributed by atoms with Gasteiger partial charge in [0.1, 0.15) is 11.6 Å². The Hall–Kier alpha value is -1.91. The summed E-state index contributed by atoms with van der Waals surface area (Å²) in [6.07, 6.45) is 0. The van der Waals surface area contributed by atoms with E-state index in [1.165, 1.54) is 29.5 Å². The van der Waals surface area contributed by atoms with Crippen molar-refractivity contribution < 1.29 is 14.3 Å². The molecular formula is C17H12ClFO2S. The molecule has 3 rings (SSSR count). The molecule has 2 nitrogen and oxygen atoms in total. The van der Waals surface area contributed by atoms with Gasteiger partial charge in [-0.15, -0.1) is 11.3 Å². The quantitative estimate of drug-likeness (QED) is 0.650. The van der Waals surface area contributed by atoms with Crippen LogP contribution in [0.15, 0.2) is 30.3 Å². The summed E-state index contributed by atoms with van der Waals surface area (Å²) in [6.45, 7) is 3.41. The van der Waals surface area contributed by atoms with Crippen LogP contribution in [0, 0.1) is 19.7 Å². The van der Waals surface area contributed by atoms with E-state index >= 15 is 0 Å². The fourth-order valence-electron chi connectivity index (χ4n) is 2.58. The van der Waals surface area contributed by atoms with E-state index < -0.39 is 0 Å². The molecule has 0 bridgehead atoms. The molecule has 1 aromatic heterocycles. The average Bonchev–Trinajstić information content (AvgIpc) is 2.74. The van der Waals surface area contributed by atoms with Crippen LogP contribution in [-0.2, 0) is 0 Å². The van der Waals surface area contributed by atoms with Crippen molar-refractivity contribution in [2.45, 2.75) is 13.8 Å². The van der Waals surface area contributed by atoms with E-state index in [0.717, 1.165) is 10.1 Å². The Labute approximate surface area is 135 Å². The zero-order valence-electron chi connectivity index (χ0n) is 11.9. The van der Waals surface area contributed by atoms with Crippen molar-refractivity contribution in [1.82, 2.24) is 0 Å². The van der Waals surface area contributed by atoms with Gasteiger partial charge >= 0.3 is 0 Å². The Kier molecular flexibility index (Phi) is 3.67. The lowest BCUT2D eigenvalue weighted by atomic mass is 9.98. The Balaban J connectivity index is 2.20. The highest BCUT2D eigenvalue weighted by Crippen LogP contribution is 2.38. The first kappa shape index (κ1) is 15.0. The zero-order valence-corrected chi connectivity index (χ0v) is 13.5. The molecule has 3 aromatic rings. The predicted octanol–water partition coefficient (Wildman–Crippen LogP) is 5.25. The van der Waals surface area contributed by atoms with E-state index in [1.54, 1.807) is 26.0 Å². The van der Waals surface area contributed by atoms with Gasteiger partial charge in [0.2, 0.25) is 5.78 Å². The van der Waals surface area contributed by atoms with Gasteiger partial charge in [-0.3, -0.25) is 4.79 Å². The Morgan fingerprint density at radius 1 is 1.18 bits per heavy atom. The third-order valence-electron chi connectivity index (χ3n) is 3.54. The van der Waals surface area contributed by atoms with E-state index in [2.05, 4.69) is 0 Å². The molecule has 1 heterocycles. The van der Waals surface area contributed by atoms with E-state index in [0.29, 0.717) is 26.6 Å². The SMILES string of the molecule is Cc1cc(F)cc(C)c1C(=O)c1sc2cc(O)ccc2c1Cl. The Bertz CT molecular complexity index is 891. The topological polar surface area (TPSA) is 37.3 Å². The van der Waals surface area contributed by atoms with Gasteiger partial charge in [-0.2, -0.15) is 0 Å². The maximum atomic E-state index is 13.4. The number of aromatic hydroxyl groups is 1. The van der Waals surface area contributed by atoms with Crippen molar-refractivity contribution >= 4 is 38.8 Å². The number of hydrogen-bond acceptors (Lipinski definition) is 3. The van der Waals surface area contributed by atoms with Crippen molar-refractivity contribution in [3.63, 3.8) is 0 Å². The molecule has 0 aliphatic heterocycles. The van der Waals surface area contributed by atoms with Crippen molar-refractivity contribution in [2.24, 2.45) is 0 Å². The molecule has 112 valence electrons. The van der Waals surface area contributed by atoms with E-state index in [4.69, 9.17) is 11.6 Å². The number of aryl methyl sites for hydroxylation is 2. The summed E-state index contributed by atoms with van der Waals surface area (Å²) in [4.78, 5) is 13.2. The fraction of sp³-hybridized carbons (Fsp3) is 0.118. The van der Waals surface area contributed by atoms with Gasteiger partial charge in [0.05, 0.1) is 9.90 Å². The fourth-order valence-corrected chi connectivity index (χ4v) is 4.08. The number of ketones is 1. The van der Waals surface area contributed by atoms with Gasteiger partial charge in [-0.1, -0.05) is 11.6 Å². The van der Waals surface area contributed by atoms with Crippen LogP contribution in [0.4, 0.5) is 4.39 Å². The van der Waals surface area contributed by atoms with E-state index in [1.807, 2.05) is 0 Å². The third-order valence-corrected chi connectivity index (χ3v) is 5.20. The minimum absolute atomic E-state index is 0.124. The first-order valence-electron chi connectivity index (χ1n) is 6.61. The minimum Gasteiger partial charge on any atom is -0.508 e. The van der Waals surface area contributed by atoms with Crippen LogP contribution >= 0.6 is 22.9 Å². The second kappa shape index (κ2) is 5.38. The highest BCUT2D eigenvalue weighted by atomic mass is 35.5. The molecule has 1 N–H and O–H groups in total. The average molecular weight is 335 g/mol. The number of hydrogen-bond donors (Lipinski definition) is 1. The van der Waals surface area contributed by atoms with Gasteiger partial charge in [-0.05, 0) is 55.3 Å². The number of benzene rings is 2. The summed E-state index contributed by atoms with van der Waals surface area (Å²) in [5.41, 5.74) is 1.64. The summed E-state index contributed by atoms with van der Waals surface area (Å²) < 4.78 is 14.1. The highest BCUT2D eigenvalue weighted by Gasteiger charge is 2.22. The molecule has 0 fully saturated rings. The third kappa shape index (κ3) is 2.38. The summed E-state index contributed by atoms with van der Waals surface area (Å²) in [5, 5.41) is 10.6. The lowest BCUT2D eigenvalue weighted by Gasteiger charge is -2.08. The number of halogens is 2. The first-order valence-corrected chi connectivity index (χ1v) is 7.80. The predicted molar refractivity (Wildman–Crippen MR) is 87.8 cm³/mol. The number of carbonyl (C=O) groups excluding carboxylic acids is 1. The van der Waals surface area contributed by atoms with Crippen LogP contribution in [0.5, 0.6) is 5.75 Å². The van der Waals surface area contributed by atoms with Gasteiger partial charge in [-0.25, -0.2) is 4.39 Å². The largest absolute Gasteiger partial charge is 0.508 e. The normalized spacial score (nSPS) is 11.1. The van der Waals surface area contributed by atoms with Crippen molar-refractivity contribution in [3.05, 3.63) is 62.7 Å². The summed E-state index contributed by atoms with van der Waals surface area (Å²) >= 11 is 7.55. The van der Waals surface area contributed by atoms with Crippen molar-refractivity contribution in [1.29, 1.82) is 0 Å². The van der Waals surface area contributed by atoms with Crippen LogP contribution in [0.3, 0.4) is 0 Å². The molecule has 0 atom stereocenters. The van der Waals surface area contributed by atoms with Gasteiger partial charge in [0, 0.05) is 15.6 Å². The molecule has 0 amide bonds. The maximum Gasteiger partial charge on any atom is 0.205 e. The lowest BCUT2D eigenvalue weighted by Crippen LogP contribution is -2.05. The molecule has 0 saturated heterocycles. The van der Waals surface area contributed by atoms with Crippen LogP contribution < -0.4 is 0 Å². The number of carbonyl (C=O) groups is 1. The van der Waals surface area contributed by atoms with Crippen molar-refractivity contribution in [3.8, 4) is 5.75 Å². The molecule has 22 heavy (non-hydrogen) atoms. The molecule has 2 aromatic carbocycles. The molecule has 0 aliphatic rings. The monoisotopic (exact) mass is 334 g/mol. The Morgan fingerprint density at radius 3 is 2.45 bits per heavy atom. The minimum atomic E-state index is -0.362. The highest BCUT2D eigenvalue weighted by molar-refractivity contribution is 7.21. The van der Waals surface area contributed by atoms with Crippen LogP contribution in [0.25, 0.3) is 10.1 Å². The molecule has 0 unspecified atom stereocenters. The molecule has 0 aliphatic carbocycles. The van der Waals surface area contributed by atoms with E-state index in [9.17, 15) is 14.3 Å². The van der Waals surface area contributed by atoms with Gasteiger partial charge < -0.3 is 5.11 Å². The second-order valence-corrected chi connectivity index (χ2v) is 6.60. The molecule has 5 heteroatoms. The standard InChI is InChI=1S/C17H12ClFO2S/c1-8-5-10(19)6-9(2)14(8)16(21)17-15(18)12-4-3-11(20)7-13(12)22-17/h3-7,20H,1-2H3. The van der Waals surface area contributed by atoms with Gasteiger partial charge in [0.25, 0.3) is 0 Å². The number of phenolic OH excluding ortho intramolecular Hbond substituents is 1. The number of thiophene rings is 1. The van der Waals surface area contributed by atoms with Crippen molar-refractivity contribution in [2.75, 3.05) is 0 Å². The number of rotatable bonds is 2. The number of phenols is 1. The molecule has 0 spiro atoms. The molecule has 0 radical (unpaired) electrons. The summed E-state index contributed by atoms with van der Waals surface area (Å²) in [5.74, 6) is -0.460. The number of fused-ring (bicyclic) bond motifs is 1. The smallest absolute Gasteiger partial charge is 0.205 e. The first-order chi connectivity index (χ1) is 10.4. The molecular weight excluding hydrogens is 323 g/mol. The zero-order chi connectivity index (χ0) is 16.0. The Morgan fingerprint density at radius 2 is 1.82 bits per heavy atom. The van der Waals surface area contributed by atoms with Gasteiger partial charge in [0.15, 0.2) is 0 Å². The summed E-state index contributed by atoms with van der Waals surface area (Å²) in [6, 6.07) is 7.47. The van der Waals surface area contributed by atoms with Crippen LogP contribution in [0.1, 0.15) is 26.4 Å². The second-order valence-electron chi connectivity index (χ2n) is 5.17. The van der Waals surface area contributed by atoms with E-state index in [-0.39, 0.29) is 17.3 Å². The maximum absolute atomic E-state index is 13.4. The summed E-state index contributed by atoms with van der Waals surface area (Å²) in [7, 11) is 0. The molecule has 0 saturated carbocycles. The lowest BCUT2D eigenvalue weighted by molar-refractivity contribution is 0.104. The van der Waals surface area contributed by atoms with Crippen LogP contribution in [0.2, 0.25) is 5.02 Å². The van der Waals surface area contributed by atoms with Crippen LogP contribution in [-0.4, -0.2) is 10.9 Å².